The van der Waals surface area contributed by atoms with E-state index in [0.717, 1.165) is 4.88 Å². The lowest BCUT2D eigenvalue weighted by atomic mass is 10.2. The molecule has 1 heterocycles. The Morgan fingerprint density at radius 1 is 1.35 bits per heavy atom. The second-order valence-corrected chi connectivity index (χ2v) is 5.07. The smallest absolute Gasteiger partial charge is 0.268 e. The average Bonchev–Trinajstić information content (AvgIpc) is 2.93. The van der Waals surface area contributed by atoms with Crippen molar-refractivity contribution in [2.45, 2.75) is 0 Å². The minimum atomic E-state index is -0.428. The number of thiophene rings is 1. The first-order chi connectivity index (χ1) is 9.63. The number of hydrogen-bond donors (Lipinski definition) is 1. The van der Waals surface area contributed by atoms with E-state index < -0.39 is 5.82 Å². The number of nitrogens with two attached hydrogens (primary N) is 1. The quantitative estimate of drug-likeness (QED) is 0.863. The minimum Gasteiger partial charge on any atom is -0.320 e. The highest BCUT2D eigenvalue weighted by Gasteiger charge is 2.17. The summed E-state index contributed by atoms with van der Waals surface area (Å²) in [6.07, 6.45) is 0. The number of rotatable bonds is 2. The van der Waals surface area contributed by atoms with Gasteiger partial charge in [0.25, 0.3) is 5.91 Å². The summed E-state index contributed by atoms with van der Waals surface area (Å²) in [6, 6.07) is 9.61. The van der Waals surface area contributed by atoms with Crippen LogP contribution in [0.15, 0.2) is 36.4 Å². The van der Waals surface area contributed by atoms with Crippen LogP contribution in [0.1, 0.15) is 14.5 Å². The van der Waals surface area contributed by atoms with Crippen molar-refractivity contribution in [1.82, 2.24) is 0 Å². The van der Waals surface area contributed by atoms with E-state index in [4.69, 9.17) is 5.73 Å². The molecule has 0 radical (unpaired) electrons. The number of carbonyl (C=O) groups is 1. The molecule has 5 heteroatoms. The molecule has 0 atom stereocenters. The molecule has 20 heavy (non-hydrogen) atoms. The number of anilines is 1. The zero-order chi connectivity index (χ0) is 14.5. The predicted molar refractivity (Wildman–Crippen MR) is 79.4 cm³/mol. The van der Waals surface area contributed by atoms with Crippen LogP contribution in [0.4, 0.5) is 10.1 Å². The van der Waals surface area contributed by atoms with E-state index in [1.165, 1.54) is 22.3 Å². The van der Waals surface area contributed by atoms with Crippen LogP contribution < -0.4 is 10.6 Å². The van der Waals surface area contributed by atoms with Crippen molar-refractivity contribution in [1.29, 1.82) is 0 Å². The molecule has 2 N–H and O–H groups in total. The summed E-state index contributed by atoms with van der Waals surface area (Å²) in [7, 11) is 1.55. The molecule has 1 amide bonds. The van der Waals surface area contributed by atoms with Gasteiger partial charge in [-0.25, -0.2) is 4.39 Å². The van der Waals surface area contributed by atoms with Crippen LogP contribution >= 0.6 is 11.3 Å². The van der Waals surface area contributed by atoms with Gasteiger partial charge in [0.05, 0.1) is 22.0 Å². The zero-order valence-corrected chi connectivity index (χ0v) is 11.7. The number of nitrogens with zero attached hydrogens (tertiary/aromatic N) is 1. The van der Waals surface area contributed by atoms with Gasteiger partial charge in [-0.2, -0.15) is 0 Å². The van der Waals surface area contributed by atoms with E-state index >= 15 is 0 Å². The Morgan fingerprint density at radius 3 is 2.80 bits per heavy atom. The first-order valence-electron chi connectivity index (χ1n) is 5.95. The first-order valence-corrected chi connectivity index (χ1v) is 6.76. The fourth-order valence-electron chi connectivity index (χ4n) is 1.66. The van der Waals surface area contributed by atoms with Crippen LogP contribution in [0.5, 0.6) is 0 Å². The SMILES string of the molecule is CN(C(=O)c1ccc(C#CCN)s1)c1ccccc1F. The van der Waals surface area contributed by atoms with Gasteiger partial charge in [0, 0.05) is 7.05 Å². The average molecular weight is 288 g/mol. The summed E-state index contributed by atoms with van der Waals surface area (Å²) in [5.41, 5.74) is 5.55. The summed E-state index contributed by atoms with van der Waals surface area (Å²) in [6.45, 7) is 0.274. The molecule has 0 saturated heterocycles. The highest BCUT2D eigenvalue weighted by molar-refractivity contribution is 7.14. The van der Waals surface area contributed by atoms with Crippen LogP contribution in [0.2, 0.25) is 0 Å². The van der Waals surface area contributed by atoms with Gasteiger partial charge < -0.3 is 10.6 Å². The highest BCUT2D eigenvalue weighted by Crippen LogP contribution is 2.22. The van der Waals surface area contributed by atoms with E-state index in [-0.39, 0.29) is 18.1 Å². The monoisotopic (exact) mass is 288 g/mol. The molecule has 2 rings (SSSR count). The third kappa shape index (κ3) is 3.05. The first kappa shape index (κ1) is 14.3. The lowest BCUT2D eigenvalue weighted by Crippen LogP contribution is -2.26. The molecule has 1 aromatic heterocycles. The fraction of sp³-hybridized carbons (Fsp3) is 0.133. The third-order valence-corrected chi connectivity index (χ3v) is 3.64. The van der Waals surface area contributed by atoms with Gasteiger partial charge >= 0.3 is 0 Å². The summed E-state index contributed by atoms with van der Waals surface area (Å²) in [5.74, 6) is 4.91. The van der Waals surface area contributed by atoms with Gasteiger partial charge in [-0.1, -0.05) is 24.0 Å². The van der Waals surface area contributed by atoms with Crippen LogP contribution in [0.25, 0.3) is 0 Å². The Balaban J connectivity index is 2.23. The topological polar surface area (TPSA) is 46.3 Å². The van der Waals surface area contributed by atoms with Crippen LogP contribution in [-0.2, 0) is 0 Å². The molecular weight excluding hydrogens is 275 g/mol. The Labute approximate surface area is 120 Å². The molecule has 102 valence electrons. The fourth-order valence-corrected chi connectivity index (χ4v) is 2.51. The summed E-state index contributed by atoms with van der Waals surface area (Å²) in [5, 5.41) is 0. The molecule has 0 unspecified atom stereocenters. The molecule has 3 nitrogen and oxygen atoms in total. The van der Waals surface area contributed by atoms with Crippen LogP contribution in [0, 0.1) is 17.7 Å². The lowest BCUT2D eigenvalue weighted by molar-refractivity contribution is 0.0996. The number of para-hydroxylation sites is 1. The van der Waals surface area contributed by atoms with Crippen LogP contribution in [-0.4, -0.2) is 19.5 Å². The van der Waals surface area contributed by atoms with Crippen molar-refractivity contribution in [3.63, 3.8) is 0 Å². The Bertz CT molecular complexity index is 684. The molecule has 0 aliphatic rings. The number of carbonyl (C=O) groups excluding carboxylic acids is 1. The zero-order valence-electron chi connectivity index (χ0n) is 10.9. The van der Waals surface area contributed by atoms with Gasteiger partial charge in [-0.3, -0.25) is 4.79 Å². The molecule has 0 spiro atoms. The molecule has 0 bridgehead atoms. The maximum Gasteiger partial charge on any atom is 0.268 e. The van der Waals surface area contributed by atoms with E-state index in [1.54, 1.807) is 37.4 Å². The van der Waals surface area contributed by atoms with Crippen molar-refractivity contribution in [3.05, 3.63) is 52.0 Å². The Kier molecular flexibility index (Phi) is 4.51. The molecule has 0 fully saturated rings. The largest absolute Gasteiger partial charge is 0.320 e. The van der Waals surface area contributed by atoms with Crippen molar-refractivity contribution < 1.29 is 9.18 Å². The van der Waals surface area contributed by atoms with Crippen molar-refractivity contribution in [2.75, 3.05) is 18.5 Å². The van der Waals surface area contributed by atoms with Gasteiger partial charge in [-0.05, 0) is 24.3 Å². The second kappa shape index (κ2) is 6.33. The molecule has 0 saturated carbocycles. The molecule has 2 aromatic rings. The van der Waals surface area contributed by atoms with Crippen molar-refractivity contribution >= 4 is 22.9 Å². The summed E-state index contributed by atoms with van der Waals surface area (Å²) < 4.78 is 13.7. The number of benzene rings is 1. The Morgan fingerprint density at radius 2 is 2.10 bits per heavy atom. The van der Waals surface area contributed by atoms with Crippen LogP contribution in [0.3, 0.4) is 0 Å². The standard InChI is InChI=1S/C15H13FN2OS/c1-18(13-7-3-2-6-12(13)16)15(19)14-9-8-11(20-14)5-4-10-17/h2-3,6-9H,10,17H2,1H3. The lowest BCUT2D eigenvalue weighted by Gasteiger charge is -2.16. The van der Waals surface area contributed by atoms with Crippen molar-refractivity contribution in [2.24, 2.45) is 5.73 Å². The van der Waals surface area contributed by atoms with Gasteiger partial charge in [0.2, 0.25) is 0 Å². The van der Waals surface area contributed by atoms with Gasteiger partial charge in [0.1, 0.15) is 5.82 Å². The van der Waals surface area contributed by atoms with Gasteiger partial charge in [0.15, 0.2) is 0 Å². The predicted octanol–water partition coefficient (Wildman–Crippen LogP) is 2.47. The molecule has 0 aliphatic carbocycles. The highest BCUT2D eigenvalue weighted by atomic mass is 32.1. The number of hydrogen-bond acceptors (Lipinski definition) is 3. The minimum absolute atomic E-state index is 0.250. The van der Waals surface area contributed by atoms with Crippen molar-refractivity contribution in [3.8, 4) is 11.8 Å². The maximum atomic E-state index is 13.7. The number of halogens is 1. The molecule has 0 aliphatic heterocycles. The maximum absolute atomic E-state index is 13.7. The molecular formula is C15H13FN2OS. The molecule has 1 aromatic carbocycles. The second-order valence-electron chi connectivity index (χ2n) is 3.99. The van der Waals surface area contributed by atoms with E-state index in [2.05, 4.69) is 11.8 Å². The van der Waals surface area contributed by atoms with Gasteiger partial charge in [-0.15, -0.1) is 11.3 Å². The van der Waals surface area contributed by atoms with E-state index in [1.807, 2.05) is 0 Å². The third-order valence-electron chi connectivity index (χ3n) is 2.65. The Hall–Kier alpha value is -2.16. The normalized spacial score (nSPS) is 9.75. The number of amides is 1. The summed E-state index contributed by atoms with van der Waals surface area (Å²) in [4.78, 5) is 14.8. The van der Waals surface area contributed by atoms with E-state index in [0.29, 0.717) is 4.88 Å². The van der Waals surface area contributed by atoms with E-state index in [9.17, 15) is 9.18 Å². The summed E-state index contributed by atoms with van der Waals surface area (Å²) >= 11 is 1.27.